The second-order valence-electron chi connectivity index (χ2n) is 8.43. The van der Waals surface area contributed by atoms with Gasteiger partial charge < -0.3 is 9.90 Å². The highest BCUT2D eigenvalue weighted by atomic mass is 79.9. The molecule has 0 aromatic heterocycles. The van der Waals surface area contributed by atoms with E-state index < -0.39 is 38.3 Å². The number of carbonyl (C=O) groups excluding carboxylic acids is 3. The molecule has 3 aromatic carbocycles. The molecule has 0 spiro atoms. The lowest BCUT2D eigenvalue weighted by atomic mass is 9.54. The van der Waals surface area contributed by atoms with Crippen LogP contribution in [0.15, 0.2) is 66.7 Å². The number of halogens is 3. The Morgan fingerprint density at radius 2 is 1.24 bits per heavy atom. The second-order valence-corrected chi connectivity index (χ2v) is 11.3. The molecule has 3 aromatic rings. The van der Waals surface area contributed by atoms with Gasteiger partial charge in [0.2, 0.25) is 11.8 Å². The van der Waals surface area contributed by atoms with Gasteiger partial charge in [0.15, 0.2) is 0 Å². The van der Waals surface area contributed by atoms with E-state index in [9.17, 15) is 19.5 Å². The van der Waals surface area contributed by atoms with Crippen LogP contribution in [0.5, 0.6) is 0 Å². The number of carbonyl (C=O) groups is 3. The van der Waals surface area contributed by atoms with Gasteiger partial charge in [-0.25, -0.2) is 4.90 Å². The minimum atomic E-state index is -1.48. The molecule has 0 unspecified atom stereocenters. The molecule has 7 rings (SSSR count). The van der Waals surface area contributed by atoms with E-state index in [-0.39, 0.29) is 16.3 Å². The smallest absolute Gasteiger partial charge is 0.239 e. The van der Waals surface area contributed by atoms with Crippen molar-refractivity contribution in [2.45, 2.75) is 8.65 Å². The average molecular weight is 587 g/mol. The van der Waals surface area contributed by atoms with Crippen molar-refractivity contribution in [3.63, 3.8) is 0 Å². The van der Waals surface area contributed by atoms with Crippen molar-refractivity contribution in [3.8, 4) is 0 Å². The number of benzene rings is 3. The average Bonchev–Trinajstić information content (AvgIpc) is 3.09. The molecule has 4 aliphatic rings. The first-order valence-electron chi connectivity index (χ1n) is 10.2. The summed E-state index contributed by atoms with van der Waals surface area (Å²) in [6.45, 7) is 0. The van der Waals surface area contributed by atoms with Crippen molar-refractivity contribution in [3.05, 3.63) is 99.6 Å². The van der Waals surface area contributed by atoms with Crippen LogP contribution in [-0.4, -0.2) is 17.8 Å². The van der Waals surface area contributed by atoms with E-state index in [1.165, 1.54) is 18.2 Å². The summed E-state index contributed by atoms with van der Waals surface area (Å²) in [4.78, 5) is 40.5. The molecule has 8 heteroatoms. The van der Waals surface area contributed by atoms with Crippen LogP contribution in [-0.2, 0) is 18.2 Å². The first kappa shape index (κ1) is 21.1. The summed E-state index contributed by atoms with van der Waals surface area (Å²) in [5, 5.41) is 11.5. The lowest BCUT2D eigenvalue weighted by molar-refractivity contribution is -0.255. The van der Waals surface area contributed by atoms with Gasteiger partial charge in [-0.3, -0.25) is 9.59 Å². The summed E-state index contributed by atoms with van der Waals surface area (Å²) in [5.41, 5.74) is 3.59. The number of hydrogen-bond acceptors (Lipinski definition) is 4. The predicted molar refractivity (Wildman–Crippen MR) is 128 cm³/mol. The summed E-state index contributed by atoms with van der Waals surface area (Å²) in [6.07, 6.45) is 0. The lowest BCUT2D eigenvalue weighted by Crippen LogP contribution is -2.56. The number of aromatic carboxylic acids is 1. The Hall–Kier alpha value is -2.48. The number of carboxylic acids is 1. The standard InChI is InChI=1S/C25H14Br2ClNO4/c26-24-14-5-1-2-6-15(14)25(27,17-8-4-3-7-16(17)24)20-19(24)21(30)29(22(20)31)12-9-10-18(28)13(11-12)23(32)33/h1-11,19-20H,(H,32,33)/p-1/t19-,20-,24?,25?/m1/s1. The van der Waals surface area contributed by atoms with Gasteiger partial charge in [0.25, 0.3) is 0 Å². The number of nitrogens with zero attached hydrogens (tertiary/aromatic N) is 1. The minimum absolute atomic E-state index is 0.0240. The fourth-order valence-corrected chi connectivity index (χ4v) is 8.23. The van der Waals surface area contributed by atoms with Crippen molar-refractivity contribution in [1.82, 2.24) is 0 Å². The predicted octanol–water partition coefficient (Wildman–Crippen LogP) is 4.11. The summed E-state index contributed by atoms with van der Waals surface area (Å²) in [6, 6.07) is 19.6. The molecule has 2 atom stereocenters. The zero-order valence-corrected chi connectivity index (χ0v) is 20.6. The van der Waals surface area contributed by atoms with Crippen LogP contribution in [0.4, 0.5) is 5.69 Å². The largest absolute Gasteiger partial charge is 0.545 e. The van der Waals surface area contributed by atoms with Gasteiger partial charge >= 0.3 is 0 Å². The van der Waals surface area contributed by atoms with E-state index in [0.717, 1.165) is 27.2 Å². The Kier molecular flexibility index (Phi) is 4.33. The molecular weight excluding hydrogens is 574 g/mol. The minimum Gasteiger partial charge on any atom is -0.545 e. The molecule has 2 bridgehead atoms. The first-order valence-corrected chi connectivity index (χ1v) is 12.1. The maximum atomic E-state index is 13.9. The summed E-state index contributed by atoms with van der Waals surface area (Å²) in [5.74, 6) is -3.76. The van der Waals surface area contributed by atoms with Crippen LogP contribution in [0.2, 0.25) is 5.02 Å². The van der Waals surface area contributed by atoms with E-state index in [0.29, 0.717) is 0 Å². The third-order valence-corrected chi connectivity index (χ3v) is 10.0. The van der Waals surface area contributed by atoms with Gasteiger partial charge in [-0.2, -0.15) is 0 Å². The number of hydrogen-bond donors (Lipinski definition) is 0. The van der Waals surface area contributed by atoms with Gasteiger partial charge in [-0.1, -0.05) is 92.0 Å². The molecule has 1 fully saturated rings. The molecule has 164 valence electrons. The highest BCUT2D eigenvalue weighted by Gasteiger charge is 2.72. The summed E-state index contributed by atoms with van der Waals surface area (Å²) in [7, 11) is 0. The highest BCUT2D eigenvalue weighted by molar-refractivity contribution is 9.10. The number of rotatable bonds is 2. The van der Waals surface area contributed by atoms with E-state index in [1.54, 1.807) is 0 Å². The monoisotopic (exact) mass is 584 g/mol. The zero-order chi connectivity index (χ0) is 23.3. The fourth-order valence-electron chi connectivity index (χ4n) is 5.73. The van der Waals surface area contributed by atoms with Crippen LogP contribution in [0, 0.1) is 11.8 Å². The Morgan fingerprint density at radius 1 is 0.818 bits per heavy atom. The van der Waals surface area contributed by atoms with Crippen LogP contribution >= 0.6 is 43.5 Å². The van der Waals surface area contributed by atoms with Crippen LogP contribution in [0.25, 0.3) is 0 Å². The van der Waals surface area contributed by atoms with Crippen molar-refractivity contribution in [1.29, 1.82) is 0 Å². The molecule has 2 amide bonds. The van der Waals surface area contributed by atoms with Crippen molar-refractivity contribution in [2.75, 3.05) is 4.90 Å². The van der Waals surface area contributed by atoms with Crippen LogP contribution < -0.4 is 10.0 Å². The first-order chi connectivity index (χ1) is 15.7. The van der Waals surface area contributed by atoms with E-state index >= 15 is 0 Å². The Morgan fingerprint density at radius 3 is 1.64 bits per heavy atom. The van der Waals surface area contributed by atoms with Gasteiger partial charge in [0.1, 0.15) is 0 Å². The third-order valence-electron chi connectivity index (χ3n) is 7.01. The van der Waals surface area contributed by atoms with Crippen molar-refractivity contribution < 1.29 is 19.5 Å². The molecule has 0 N–H and O–H groups in total. The molecule has 33 heavy (non-hydrogen) atoms. The number of alkyl halides is 2. The van der Waals surface area contributed by atoms with Crippen molar-refractivity contribution >= 4 is 66.9 Å². The summed E-state index contributed by atoms with van der Waals surface area (Å²) < 4.78 is -1.82. The normalized spacial score (nSPS) is 29.0. The molecule has 5 nitrogen and oxygen atoms in total. The lowest BCUT2D eigenvalue weighted by Gasteiger charge is -2.55. The molecular formula is C25H13Br2ClNO4-. The van der Waals surface area contributed by atoms with Gasteiger partial charge in [-0.15, -0.1) is 0 Å². The topological polar surface area (TPSA) is 77.5 Å². The zero-order valence-electron chi connectivity index (χ0n) is 16.7. The SMILES string of the molecule is O=C([O-])c1cc(N2C(=O)[C@H]3[C@H](C2=O)C2(Br)c4ccccc4C3(Br)c3ccccc32)ccc1Cl. The van der Waals surface area contributed by atoms with Crippen LogP contribution in [0.3, 0.4) is 0 Å². The highest BCUT2D eigenvalue weighted by Crippen LogP contribution is 2.70. The molecule has 1 aliphatic heterocycles. The number of imide groups is 1. The number of amides is 2. The molecule has 0 radical (unpaired) electrons. The maximum Gasteiger partial charge on any atom is 0.239 e. The van der Waals surface area contributed by atoms with Crippen LogP contribution in [0.1, 0.15) is 32.6 Å². The Bertz CT molecular complexity index is 1300. The third kappa shape index (κ3) is 2.40. The molecule has 3 aliphatic carbocycles. The molecule has 1 heterocycles. The summed E-state index contributed by atoms with van der Waals surface area (Å²) >= 11 is 13.9. The van der Waals surface area contributed by atoms with E-state index in [4.69, 9.17) is 11.6 Å². The molecule has 0 saturated carbocycles. The van der Waals surface area contributed by atoms with Gasteiger partial charge in [0.05, 0.1) is 32.1 Å². The van der Waals surface area contributed by atoms with Crippen molar-refractivity contribution in [2.24, 2.45) is 11.8 Å². The van der Waals surface area contributed by atoms with E-state index in [1.807, 2.05) is 48.5 Å². The van der Waals surface area contributed by atoms with Gasteiger partial charge in [0, 0.05) is 10.6 Å². The second kappa shape index (κ2) is 6.78. The Balaban J connectivity index is 1.62. The Labute approximate surface area is 210 Å². The molecule has 1 saturated heterocycles. The maximum absolute atomic E-state index is 13.9. The number of anilines is 1. The quantitative estimate of drug-likeness (QED) is 0.335. The van der Waals surface area contributed by atoms with E-state index in [2.05, 4.69) is 31.9 Å². The van der Waals surface area contributed by atoms with Gasteiger partial charge in [-0.05, 0) is 40.5 Å². The fraction of sp³-hybridized carbons (Fsp3) is 0.160. The number of carboxylic acid groups (broad SMARTS) is 1.